The summed E-state index contributed by atoms with van der Waals surface area (Å²) in [5.74, 6) is -0.218. The van der Waals surface area contributed by atoms with Crippen molar-refractivity contribution in [2.24, 2.45) is 0 Å². The quantitative estimate of drug-likeness (QED) is 0.662. The maximum absolute atomic E-state index is 11.6. The summed E-state index contributed by atoms with van der Waals surface area (Å²) in [4.78, 5) is 35.4. The first kappa shape index (κ1) is 11.3. The molecular weight excluding hydrogens is 232 g/mol. The Balaban J connectivity index is 2.34. The molecule has 7 heteroatoms. The lowest BCUT2D eigenvalue weighted by Crippen LogP contribution is -2.59. The zero-order valence-electron chi connectivity index (χ0n) is 8.56. The van der Waals surface area contributed by atoms with Crippen LogP contribution in [0, 0.1) is 0 Å². The molecule has 2 N–H and O–H groups in total. The fourth-order valence-corrected chi connectivity index (χ4v) is 3.27. The van der Waals surface area contributed by atoms with E-state index in [9.17, 15) is 19.5 Å². The molecule has 0 radical (unpaired) electrons. The first-order valence-electron chi connectivity index (χ1n) is 5.00. The molecule has 0 spiro atoms. The van der Waals surface area contributed by atoms with Gasteiger partial charge in [-0.15, -0.1) is 0 Å². The number of nitrogens with zero attached hydrogens (tertiary/aromatic N) is 1. The second-order valence-electron chi connectivity index (χ2n) is 3.84. The van der Waals surface area contributed by atoms with Crippen LogP contribution < -0.4 is 5.32 Å². The highest BCUT2D eigenvalue weighted by Crippen LogP contribution is 2.34. The van der Waals surface area contributed by atoms with Crippen LogP contribution in [0.2, 0.25) is 0 Å². The number of hydrogen-bond donors (Lipinski definition) is 2. The van der Waals surface area contributed by atoms with Gasteiger partial charge in [0, 0.05) is 0 Å². The minimum atomic E-state index is -1.33. The number of carboxylic acids is 1. The summed E-state index contributed by atoms with van der Waals surface area (Å²) >= 11 is 1.64. The fourth-order valence-electron chi connectivity index (χ4n) is 2.10. The number of thioether (sulfide) groups is 1. The summed E-state index contributed by atoms with van der Waals surface area (Å²) in [7, 11) is 0. The zero-order valence-corrected chi connectivity index (χ0v) is 9.38. The maximum Gasteiger partial charge on any atom is 0.330 e. The third kappa shape index (κ3) is 1.55. The van der Waals surface area contributed by atoms with Crippen molar-refractivity contribution in [3.8, 4) is 0 Å². The van der Waals surface area contributed by atoms with Crippen LogP contribution in [0.4, 0.5) is 4.79 Å². The molecule has 2 aliphatic rings. The van der Waals surface area contributed by atoms with Crippen LogP contribution in [0.5, 0.6) is 0 Å². The first-order valence-corrected chi connectivity index (χ1v) is 6.15. The lowest BCUT2D eigenvalue weighted by Gasteiger charge is -2.38. The smallest absolute Gasteiger partial charge is 0.330 e. The molecule has 2 rings (SSSR count). The Hall–Kier alpha value is -1.24. The Kier molecular flexibility index (Phi) is 2.79. The minimum absolute atomic E-state index is 0.0962. The number of hydrogen-bond acceptors (Lipinski definition) is 4. The molecule has 2 fully saturated rings. The summed E-state index contributed by atoms with van der Waals surface area (Å²) in [5, 5.41) is 11.7. The third-order valence-electron chi connectivity index (χ3n) is 2.99. The standard InChI is InChI=1S/C9H12N2O4S/c12-6-5-10-8(15)11(6)9(7(13)14)1-3-16-4-2-9/h1-5H2,(H,10,15)(H,13,14). The summed E-state index contributed by atoms with van der Waals surface area (Å²) in [6.45, 7) is -0.0962. The van der Waals surface area contributed by atoms with Gasteiger partial charge in [0.1, 0.15) is 0 Å². The van der Waals surface area contributed by atoms with Crippen LogP contribution in [0.25, 0.3) is 0 Å². The monoisotopic (exact) mass is 244 g/mol. The van der Waals surface area contributed by atoms with Crippen LogP contribution >= 0.6 is 11.8 Å². The molecule has 0 atom stereocenters. The summed E-state index contributed by atoms with van der Waals surface area (Å²) < 4.78 is 0. The van der Waals surface area contributed by atoms with Crippen LogP contribution in [0.1, 0.15) is 12.8 Å². The third-order valence-corrected chi connectivity index (χ3v) is 3.98. The SMILES string of the molecule is O=C1CNC(=O)N1C1(C(=O)O)CCSCC1. The van der Waals surface area contributed by atoms with E-state index in [0.29, 0.717) is 24.3 Å². The van der Waals surface area contributed by atoms with Gasteiger partial charge in [-0.3, -0.25) is 4.79 Å². The molecule has 0 aromatic rings. The van der Waals surface area contributed by atoms with Crippen molar-refractivity contribution in [1.82, 2.24) is 10.2 Å². The van der Waals surface area contributed by atoms with Gasteiger partial charge in [0.15, 0.2) is 5.54 Å². The molecule has 0 bridgehead atoms. The van der Waals surface area contributed by atoms with Gasteiger partial charge in [0.2, 0.25) is 0 Å². The van der Waals surface area contributed by atoms with Crippen LogP contribution in [-0.4, -0.2) is 51.5 Å². The van der Waals surface area contributed by atoms with Crippen LogP contribution in [0.3, 0.4) is 0 Å². The van der Waals surface area contributed by atoms with E-state index in [-0.39, 0.29) is 6.54 Å². The summed E-state index contributed by atoms with van der Waals surface area (Å²) in [6, 6.07) is -0.584. The number of nitrogens with one attached hydrogen (secondary N) is 1. The van der Waals surface area contributed by atoms with Gasteiger partial charge in [-0.25, -0.2) is 14.5 Å². The van der Waals surface area contributed by atoms with E-state index in [0.717, 1.165) is 4.90 Å². The molecule has 2 aliphatic heterocycles. The number of urea groups is 1. The van der Waals surface area contributed by atoms with Gasteiger partial charge < -0.3 is 10.4 Å². The van der Waals surface area contributed by atoms with Crippen molar-refractivity contribution < 1.29 is 19.5 Å². The van der Waals surface area contributed by atoms with E-state index in [1.165, 1.54) is 0 Å². The van der Waals surface area contributed by atoms with Crippen molar-refractivity contribution in [3.05, 3.63) is 0 Å². The van der Waals surface area contributed by atoms with E-state index in [2.05, 4.69) is 5.32 Å². The number of amides is 3. The Labute approximate surface area is 96.4 Å². The highest BCUT2D eigenvalue weighted by molar-refractivity contribution is 7.99. The number of carboxylic acid groups (broad SMARTS) is 1. The van der Waals surface area contributed by atoms with Crippen molar-refractivity contribution in [2.45, 2.75) is 18.4 Å². The molecule has 0 unspecified atom stereocenters. The minimum Gasteiger partial charge on any atom is -0.479 e. The lowest BCUT2D eigenvalue weighted by atomic mass is 9.90. The topological polar surface area (TPSA) is 86.7 Å². The number of carbonyl (C=O) groups is 3. The van der Waals surface area contributed by atoms with E-state index in [4.69, 9.17) is 0 Å². The number of imide groups is 1. The maximum atomic E-state index is 11.6. The largest absolute Gasteiger partial charge is 0.479 e. The fraction of sp³-hybridized carbons (Fsp3) is 0.667. The number of aliphatic carboxylic acids is 1. The first-order chi connectivity index (χ1) is 7.58. The van der Waals surface area contributed by atoms with Gasteiger partial charge in [-0.2, -0.15) is 11.8 Å². The molecule has 88 valence electrons. The Morgan fingerprint density at radius 3 is 2.44 bits per heavy atom. The average Bonchev–Trinajstić information content (AvgIpc) is 2.60. The lowest BCUT2D eigenvalue weighted by molar-refractivity contribution is -0.154. The summed E-state index contributed by atoms with van der Waals surface area (Å²) in [5.41, 5.74) is -1.33. The van der Waals surface area contributed by atoms with Gasteiger partial charge in [0.25, 0.3) is 5.91 Å². The molecule has 2 heterocycles. The highest BCUT2D eigenvalue weighted by Gasteiger charge is 2.52. The van der Waals surface area contributed by atoms with Crippen molar-refractivity contribution in [1.29, 1.82) is 0 Å². The molecule has 2 saturated heterocycles. The average molecular weight is 244 g/mol. The van der Waals surface area contributed by atoms with E-state index in [1.54, 1.807) is 11.8 Å². The predicted octanol–water partition coefficient (Wildman–Crippen LogP) is -0.111. The van der Waals surface area contributed by atoms with Gasteiger partial charge in [-0.05, 0) is 24.3 Å². The molecular formula is C9H12N2O4S. The molecule has 0 aliphatic carbocycles. The second-order valence-corrected chi connectivity index (χ2v) is 5.06. The Morgan fingerprint density at radius 2 is 2.00 bits per heavy atom. The van der Waals surface area contributed by atoms with Gasteiger partial charge in [0.05, 0.1) is 6.54 Å². The van der Waals surface area contributed by atoms with E-state index < -0.39 is 23.4 Å². The van der Waals surface area contributed by atoms with E-state index in [1.807, 2.05) is 0 Å². The highest BCUT2D eigenvalue weighted by atomic mass is 32.2. The summed E-state index contributed by atoms with van der Waals surface area (Å²) in [6.07, 6.45) is 0.651. The predicted molar refractivity (Wildman–Crippen MR) is 57.2 cm³/mol. The van der Waals surface area contributed by atoms with Gasteiger partial charge in [-0.1, -0.05) is 0 Å². The molecule has 0 saturated carbocycles. The molecule has 0 aromatic heterocycles. The second kappa shape index (κ2) is 3.97. The van der Waals surface area contributed by atoms with Crippen LogP contribution in [-0.2, 0) is 9.59 Å². The van der Waals surface area contributed by atoms with Crippen molar-refractivity contribution in [3.63, 3.8) is 0 Å². The Bertz CT molecular complexity index is 335. The molecule has 6 nitrogen and oxygen atoms in total. The van der Waals surface area contributed by atoms with Crippen LogP contribution in [0.15, 0.2) is 0 Å². The van der Waals surface area contributed by atoms with Crippen molar-refractivity contribution in [2.75, 3.05) is 18.1 Å². The van der Waals surface area contributed by atoms with Crippen molar-refractivity contribution >= 4 is 29.7 Å². The zero-order chi connectivity index (χ0) is 11.8. The molecule has 16 heavy (non-hydrogen) atoms. The van der Waals surface area contributed by atoms with E-state index >= 15 is 0 Å². The number of carbonyl (C=O) groups excluding carboxylic acids is 2. The van der Waals surface area contributed by atoms with Gasteiger partial charge >= 0.3 is 12.0 Å². The number of rotatable bonds is 2. The molecule has 0 aromatic carbocycles. The normalized spacial score (nSPS) is 24.4. The Morgan fingerprint density at radius 1 is 1.38 bits per heavy atom. The molecule has 3 amide bonds.